The summed E-state index contributed by atoms with van der Waals surface area (Å²) < 4.78 is 29.1. The van der Waals surface area contributed by atoms with E-state index >= 15 is 0 Å². The predicted molar refractivity (Wildman–Crippen MR) is 158 cm³/mol. The zero-order valence-electron chi connectivity index (χ0n) is 24.2. The van der Waals surface area contributed by atoms with Crippen LogP contribution in [0.5, 0.6) is 11.5 Å². The van der Waals surface area contributed by atoms with Crippen LogP contribution in [-0.4, -0.2) is 38.1 Å². The van der Waals surface area contributed by atoms with E-state index in [0.29, 0.717) is 40.0 Å². The number of anilines is 1. The summed E-state index contributed by atoms with van der Waals surface area (Å²) in [5, 5.41) is 3.38. The van der Waals surface area contributed by atoms with Crippen molar-refractivity contribution in [1.82, 2.24) is 0 Å². The second-order valence-corrected chi connectivity index (χ2v) is 10.8. The van der Waals surface area contributed by atoms with Gasteiger partial charge in [-0.15, -0.1) is 0 Å². The van der Waals surface area contributed by atoms with E-state index in [4.69, 9.17) is 23.4 Å². The van der Waals surface area contributed by atoms with Gasteiger partial charge in [0.2, 0.25) is 6.29 Å². The van der Waals surface area contributed by atoms with E-state index in [2.05, 4.69) is 5.32 Å². The van der Waals surface area contributed by atoms with Crippen molar-refractivity contribution in [1.29, 1.82) is 0 Å². The molecule has 5 rings (SSSR count). The van der Waals surface area contributed by atoms with Crippen molar-refractivity contribution in [3.63, 3.8) is 0 Å². The normalized spacial score (nSPS) is 18.2. The number of nitrogens with one attached hydrogen (secondary N) is 1. The smallest absolute Gasteiger partial charge is 0.360 e. The van der Waals surface area contributed by atoms with Gasteiger partial charge in [-0.1, -0.05) is 24.3 Å². The number of methoxy groups -OCH3 is 2. The number of benzene rings is 3. The third kappa shape index (κ3) is 5.71. The largest absolute Gasteiger partial charge is 0.496 e. The average molecular weight is 558 g/mol. The lowest BCUT2D eigenvalue weighted by Crippen LogP contribution is -2.49. The molecule has 8 nitrogen and oxygen atoms in total. The molecule has 2 unspecified atom stereocenters. The summed E-state index contributed by atoms with van der Waals surface area (Å²) in [6.45, 7) is 7.79. The zero-order chi connectivity index (χ0) is 29.3. The van der Waals surface area contributed by atoms with Crippen LogP contribution >= 0.6 is 0 Å². The van der Waals surface area contributed by atoms with Gasteiger partial charge in [-0.05, 0) is 81.6 Å². The maximum Gasteiger partial charge on any atom is 0.360 e. The summed E-state index contributed by atoms with van der Waals surface area (Å²) in [5.74, 6) is 0.781. The van der Waals surface area contributed by atoms with Gasteiger partial charge in [0.1, 0.15) is 22.8 Å². The highest BCUT2D eigenvalue weighted by molar-refractivity contribution is 6.06. The Morgan fingerprint density at radius 2 is 1.71 bits per heavy atom. The Morgan fingerprint density at radius 1 is 0.951 bits per heavy atom. The number of rotatable bonds is 7. The molecule has 1 aliphatic rings. The Balaban J connectivity index is 1.38. The molecule has 1 fully saturated rings. The highest BCUT2D eigenvalue weighted by atomic mass is 16.7. The van der Waals surface area contributed by atoms with Crippen LogP contribution in [0.1, 0.15) is 48.2 Å². The minimum absolute atomic E-state index is 0.0151. The Morgan fingerprint density at radius 3 is 2.41 bits per heavy atom. The first-order chi connectivity index (χ1) is 19.6. The van der Waals surface area contributed by atoms with E-state index in [1.807, 2.05) is 58.0 Å². The summed E-state index contributed by atoms with van der Waals surface area (Å²) in [5.41, 5.74) is 3.14. The molecule has 0 bridgehead atoms. The lowest BCUT2D eigenvalue weighted by atomic mass is 9.94. The number of hydrogen-bond acceptors (Lipinski definition) is 7. The van der Waals surface area contributed by atoms with Crippen LogP contribution in [0, 0.1) is 13.8 Å². The number of carbonyl (C=O) groups is 1. The van der Waals surface area contributed by atoms with Crippen LogP contribution in [0.3, 0.4) is 0 Å². The van der Waals surface area contributed by atoms with E-state index in [1.54, 1.807) is 44.6 Å². The molecule has 0 saturated carbocycles. The van der Waals surface area contributed by atoms with Crippen LogP contribution in [0.15, 0.2) is 69.9 Å². The van der Waals surface area contributed by atoms with Crippen molar-refractivity contribution in [2.24, 2.45) is 0 Å². The van der Waals surface area contributed by atoms with E-state index in [9.17, 15) is 9.59 Å². The van der Waals surface area contributed by atoms with Crippen LogP contribution in [0.2, 0.25) is 0 Å². The van der Waals surface area contributed by atoms with Crippen LogP contribution < -0.4 is 20.4 Å². The van der Waals surface area contributed by atoms with Crippen LogP contribution in [0.25, 0.3) is 22.1 Å². The lowest BCUT2D eigenvalue weighted by Gasteiger charge is -2.41. The number of ether oxygens (including phenoxy) is 4. The van der Waals surface area contributed by atoms with Gasteiger partial charge in [-0.3, -0.25) is 4.79 Å². The molecule has 1 aromatic heterocycles. The Hall–Kier alpha value is -4.14. The molecule has 8 heteroatoms. The molecule has 214 valence electrons. The molecule has 2 heterocycles. The van der Waals surface area contributed by atoms with E-state index in [-0.39, 0.29) is 11.8 Å². The summed E-state index contributed by atoms with van der Waals surface area (Å²) >= 11 is 0. The molecule has 0 spiro atoms. The second kappa shape index (κ2) is 11.4. The molecular weight excluding hydrogens is 522 g/mol. The van der Waals surface area contributed by atoms with E-state index in [0.717, 1.165) is 23.1 Å². The molecular formula is C33H35NO7. The SMILES string of the molecule is COc1ccc(C(=O)Nc2cc3ccc(OC4CCC(OC)C(C)(C)O4)c(C)c3oc2=O)cc1-c1ccccc1C. The highest BCUT2D eigenvalue weighted by Crippen LogP contribution is 2.35. The fraction of sp³-hybridized carbons (Fsp3) is 0.333. The number of amides is 1. The maximum absolute atomic E-state index is 13.2. The minimum Gasteiger partial charge on any atom is -0.496 e. The third-order valence-electron chi connectivity index (χ3n) is 7.66. The summed E-state index contributed by atoms with van der Waals surface area (Å²) in [4.78, 5) is 26.2. The third-order valence-corrected chi connectivity index (χ3v) is 7.66. The first kappa shape index (κ1) is 28.4. The van der Waals surface area contributed by atoms with Crippen molar-refractivity contribution in [2.75, 3.05) is 19.5 Å². The quantitative estimate of drug-likeness (QED) is 0.254. The molecule has 4 aromatic rings. The summed E-state index contributed by atoms with van der Waals surface area (Å²) in [6, 6.07) is 18.3. The molecule has 1 saturated heterocycles. The van der Waals surface area contributed by atoms with Crippen LogP contribution in [-0.2, 0) is 9.47 Å². The monoisotopic (exact) mass is 557 g/mol. The molecule has 0 aliphatic carbocycles. The standard InChI is InChI=1S/C33H35NO7/c1-19-9-7-8-10-23(19)24-17-22(12-14-27(24)37-5)31(35)34-25-18-21-11-13-26(20(2)30(21)40-32(25)36)39-29-16-15-28(38-6)33(3,4)41-29/h7-14,17-18,28-29H,15-16H2,1-6H3,(H,34,35). The minimum atomic E-state index is -0.656. The van der Waals surface area contributed by atoms with E-state index in [1.165, 1.54) is 0 Å². The van der Waals surface area contributed by atoms with Gasteiger partial charge < -0.3 is 28.7 Å². The van der Waals surface area contributed by atoms with Gasteiger partial charge >= 0.3 is 5.63 Å². The Labute approximate surface area is 239 Å². The van der Waals surface area contributed by atoms with Gasteiger partial charge in [0.05, 0.1) is 18.8 Å². The summed E-state index contributed by atoms with van der Waals surface area (Å²) in [7, 11) is 3.28. The first-order valence-electron chi connectivity index (χ1n) is 13.6. The fourth-order valence-electron chi connectivity index (χ4n) is 5.38. The van der Waals surface area contributed by atoms with Crippen molar-refractivity contribution in [2.45, 2.75) is 58.5 Å². The van der Waals surface area contributed by atoms with Gasteiger partial charge in [0.15, 0.2) is 0 Å². The zero-order valence-corrected chi connectivity index (χ0v) is 24.2. The van der Waals surface area contributed by atoms with Gasteiger partial charge in [-0.2, -0.15) is 0 Å². The lowest BCUT2D eigenvalue weighted by molar-refractivity contribution is -0.233. The van der Waals surface area contributed by atoms with Gasteiger partial charge in [0, 0.05) is 35.6 Å². The first-order valence-corrected chi connectivity index (χ1v) is 13.6. The molecule has 1 N–H and O–H groups in total. The van der Waals surface area contributed by atoms with E-state index < -0.39 is 23.4 Å². The number of fused-ring (bicyclic) bond motifs is 1. The average Bonchev–Trinajstić information content (AvgIpc) is 2.95. The van der Waals surface area contributed by atoms with Crippen molar-refractivity contribution < 1.29 is 28.2 Å². The molecule has 2 atom stereocenters. The fourth-order valence-corrected chi connectivity index (χ4v) is 5.38. The topological polar surface area (TPSA) is 96.2 Å². The van der Waals surface area contributed by atoms with Crippen molar-refractivity contribution in [3.05, 3.63) is 87.8 Å². The number of hydrogen-bond donors (Lipinski definition) is 1. The number of aryl methyl sites for hydroxylation is 2. The molecule has 1 aliphatic heterocycles. The van der Waals surface area contributed by atoms with Crippen molar-refractivity contribution in [3.8, 4) is 22.6 Å². The Bertz CT molecular complexity index is 1660. The molecule has 3 aromatic carbocycles. The highest BCUT2D eigenvalue weighted by Gasteiger charge is 2.39. The van der Waals surface area contributed by atoms with Crippen molar-refractivity contribution >= 4 is 22.6 Å². The molecule has 0 radical (unpaired) electrons. The predicted octanol–water partition coefficient (Wildman–Crippen LogP) is 6.65. The van der Waals surface area contributed by atoms with Crippen LogP contribution in [0.4, 0.5) is 5.69 Å². The van der Waals surface area contributed by atoms with Gasteiger partial charge in [-0.25, -0.2) is 4.79 Å². The second-order valence-electron chi connectivity index (χ2n) is 10.8. The Kier molecular flexibility index (Phi) is 7.89. The number of carbonyl (C=O) groups excluding carboxylic acids is 1. The summed E-state index contributed by atoms with van der Waals surface area (Å²) in [6.07, 6.45) is 1.01. The van der Waals surface area contributed by atoms with Gasteiger partial charge in [0.25, 0.3) is 5.91 Å². The molecule has 1 amide bonds. The molecule has 41 heavy (non-hydrogen) atoms. The maximum atomic E-state index is 13.2.